The summed E-state index contributed by atoms with van der Waals surface area (Å²) in [6.07, 6.45) is 1.52. The molecule has 2 aromatic heterocycles. The molecule has 2 heterocycles. The molecule has 20 heavy (non-hydrogen) atoms. The topological polar surface area (TPSA) is 75.8 Å². The van der Waals surface area contributed by atoms with E-state index < -0.39 is 5.82 Å². The zero-order chi connectivity index (χ0) is 14.1. The number of aryl methyl sites for hydroxylation is 1. The SMILES string of the molecule is Cc1occc1-c1noc(-c2cccc(F)c2C#N)n1. The van der Waals surface area contributed by atoms with Crippen LogP contribution in [0.25, 0.3) is 22.8 Å². The second-order valence-electron chi connectivity index (χ2n) is 4.09. The molecular weight excluding hydrogens is 261 g/mol. The quantitative estimate of drug-likeness (QED) is 0.713. The predicted octanol–water partition coefficient (Wildman–Crippen LogP) is 3.32. The lowest BCUT2D eigenvalue weighted by molar-refractivity contribution is 0.431. The fourth-order valence-electron chi connectivity index (χ4n) is 1.88. The first kappa shape index (κ1) is 12.1. The van der Waals surface area contributed by atoms with E-state index >= 15 is 0 Å². The van der Waals surface area contributed by atoms with Crippen LogP contribution in [0.5, 0.6) is 0 Å². The van der Waals surface area contributed by atoms with Gasteiger partial charge in [0.15, 0.2) is 0 Å². The molecule has 0 N–H and O–H groups in total. The summed E-state index contributed by atoms with van der Waals surface area (Å²) in [5, 5.41) is 12.8. The summed E-state index contributed by atoms with van der Waals surface area (Å²) < 4.78 is 23.8. The van der Waals surface area contributed by atoms with Crippen LogP contribution in [-0.4, -0.2) is 10.1 Å². The zero-order valence-electron chi connectivity index (χ0n) is 10.4. The molecule has 5 nitrogen and oxygen atoms in total. The van der Waals surface area contributed by atoms with Crippen molar-refractivity contribution in [1.82, 2.24) is 10.1 Å². The average Bonchev–Trinajstić information content (AvgIpc) is 3.06. The van der Waals surface area contributed by atoms with Crippen LogP contribution in [0.2, 0.25) is 0 Å². The Balaban J connectivity index is 2.10. The third kappa shape index (κ3) is 1.86. The molecule has 98 valence electrons. The first-order valence-electron chi connectivity index (χ1n) is 5.78. The lowest BCUT2D eigenvalue weighted by Crippen LogP contribution is -1.89. The maximum absolute atomic E-state index is 13.6. The van der Waals surface area contributed by atoms with E-state index in [0.717, 1.165) is 0 Å². The molecule has 0 fully saturated rings. The van der Waals surface area contributed by atoms with Gasteiger partial charge in [-0.05, 0) is 25.1 Å². The second kappa shape index (κ2) is 4.63. The highest BCUT2D eigenvalue weighted by molar-refractivity contribution is 5.66. The maximum atomic E-state index is 13.6. The molecule has 3 aromatic rings. The van der Waals surface area contributed by atoms with E-state index in [1.54, 1.807) is 25.1 Å². The Morgan fingerprint density at radius 2 is 2.10 bits per heavy atom. The number of aromatic nitrogens is 2. The molecule has 0 aliphatic rings. The van der Waals surface area contributed by atoms with E-state index in [0.29, 0.717) is 17.1 Å². The van der Waals surface area contributed by atoms with Crippen molar-refractivity contribution in [2.75, 3.05) is 0 Å². The zero-order valence-corrected chi connectivity index (χ0v) is 10.4. The minimum Gasteiger partial charge on any atom is -0.469 e. The minimum atomic E-state index is -0.621. The van der Waals surface area contributed by atoms with E-state index in [2.05, 4.69) is 10.1 Å². The first-order chi connectivity index (χ1) is 9.70. The number of hydrogen-bond donors (Lipinski definition) is 0. The first-order valence-corrected chi connectivity index (χ1v) is 5.78. The highest BCUT2D eigenvalue weighted by Crippen LogP contribution is 2.27. The van der Waals surface area contributed by atoms with Crippen molar-refractivity contribution in [2.45, 2.75) is 6.92 Å². The van der Waals surface area contributed by atoms with E-state index in [1.165, 1.54) is 18.4 Å². The summed E-state index contributed by atoms with van der Waals surface area (Å²) in [4.78, 5) is 4.18. The van der Waals surface area contributed by atoms with Crippen molar-refractivity contribution >= 4 is 0 Å². The summed E-state index contributed by atoms with van der Waals surface area (Å²) in [6.45, 7) is 1.77. The highest BCUT2D eigenvalue weighted by atomic mass is 19.1. The van der Waals surface area contributed by atoms with E-state index in [9.17, 15) is 4.39 Å². The number of benzene rings is 1. The Bertz CT molecular complexity index is 814. The lowest BCUT2D eigenvalue weighted by Gasteiger charge is -1.98. The van der Waals surface area contributed by atoms with Crippen LogP contribution in [-0.2, 0) is 0 Å². The van der Waals surface area contributed by atoms with Gasteiger partial charge in [0.1, 0.15) is 23.2 Å². The normalized spacial score (nSPS) is 10.4. The number of halogens is 1. The minimum absolute atomic E-state index is 0.0941. The molecule has 0 aliphatic carbocycles. The fraction of sp³-hybridized carbons (Fsp3) is 0.0714. The van der Waals surface area contributed by atoms with E-state index in [4.69, 9.17) is 14.2 Å². The van der Waals surface area contributed by atoms with Crippen molar-refractivity contribution in [3.8, 4) is 28.9 Å². The van der Waals surface area contributed by atoms with Crippen molar-refractivity contribution in [3.05, 3.63) is 47.7 Å². The Hall–Kier alpha value is -2.94. The number of nitrogens with zero attached hydrogens (tertiary/aromatic N) is 3. The number of rotatable bonds is 2. The third-order valence-corrected chi connectivity index (χ3v) is 2.88. The van der Waals surface area contributed by atoms with Gasteiger partial charge < -0.3 is 8.94 Å². The van der Waals surface area contributed by atoms with Gasteiger partial charge in [0.05, 0.1) is 17.4 Å². The van der Waals surface area contributed by atoms with Crippen molar-refractivity contribution in [1.29, 1.82) is 5.26 Å². The second-order valence-corrected chi connectivity index (χ2v) is 4.09. The fourth-order valence-corrected chi connectivity index (χ4v) is 1.88. The molecule has 0 spiro atoms. The predicted molar refractivity (Wildman–Crippen MR) is 66.8 cm³/mol. The smallest absolute Gasteiger partial charge is 0.259 e. The van der Waals surface area contributed by atoms with Gasteiger partial charge in [0, 0.05) is 0 Å². The maximum Gasteiger partial charge on any atom is 0.259 e. The molecule has 3 rings (SSSR count). The van der Waals surface area contributed by atoms with Gasteiger partial charge in [-0.25, -0.2) is 4.39 Å². The monoisotopic (exact) mass is 269 g/mol. The Morgan fingerprint density at radius 1 is 1.25 bits per heavy atom. The molecule has 0 saturated heterocycles. The summed E-state index contributed by atoms with van der Waals surface area (Å²) >= 11 is 0. The van der Waals surface area contributed by atoms with Gasteiger partial charge in [0.25, 0.3) is 5.89 Å². The molecular formula is C14H8FN3O2. The van der Waals surface area contributed by atoms with Crippen molar-refractivity contribution in [3.63, 3.8) is 0 Å². The van der Waals surface area contributed by atoms with Gasteiger partial charge in [0.2, 0.25) is 5.82 Å². The van der Waals surface area contributed by atoms with E-state index in [1.807, 2.05) is 0 Å². The number of nitriles is 1. The molecule has 0 unspecified atom stereocenters. The van der Waals surface area contributed by atoms with Crippen LogP contribution < -0.4 is 0 Å². The van der Waals surface area contributed by atoms with Gasteiger partial charge in [-0.3, -0.25) is 0 Å². The molecule has 0 amide bonds. The van der Waals surface area contributed by atoms with Gasteiger partial charge in [-0.15, -0.1) is 0 Å². The summed E-state index contributed by atoms with van der Waals surface area (Å²) in [5.41, 5.74) is 0.842. The molecule has 0 bridgehead atoms. The molecule has 0 saturated carbocycles. The number of hydrogen-bond acceptors (Lipinski definition) is 5. The molecule has 0 aliphatic heterocycles. The van der Waals surface area contributed by atoms with Gasteiger partial charge in [-0.2, -0.15) is 10.2 Å². The van der Waals surface area contributed by atoms with Crippen LogP contribution in [0, 0.1) is 24.1 Å². The molecule has 0 radical (unpaired) electrons. The summed E-state index contributed by atoms with van der Waals surface area (Å²) in [5.74, 6) is 0.456. The van der Waals surface area contributed by atoms with Crippen LogP contribution in [0.4, 0.5) is 4.39 Å². The van der Waals surface area contributed by atoms with Crippen LogP contribution in [0.3, 0.4) is 0 Å². The van der Waals surface area contributed by atoms with Gasteiger partial charge in [-0.1, -0.05) is 11.2 Å². The average molecular weight is 269 g/mol. The summed E-state index contributed by atoms with van der Waals surface area (Å²) in [7, 11) is 0. The van der Waals surface area contributed by atoms with Crippen LogP contribution in [0.1, 0.15) is 11.3 Å². The van der Waals surface area contributed by atoms with Crippen LogP contribution >= 0.6 is 0 Å². The molecule has 1 aromatic carbocycles. The molecule has 6 heteroatoms. The van der Waals surface area contributed by atoms with Crippen LogP contribution in [0.15, 0.2) is 39.5 Å². The van der Waals surface area contributed by atoms with Crippen molar-refractivity contribution < 1.29 is 13.3 Å². The Labute approximate surface area is 113 Å². The Kier molecular flexibility index (Phi) is 2.80. The molecule has 0 atom stereocenters. The third-order valence-electron chi connectivity index (χ3n) is 2.88. The van der Waals surface area contributed by atoms with E-state index in [-0.39, 0.29) is 17.0 Å². The number of furan rings is 1. The standard InChI is InChI=1S/C14H8FN3O2/c1-8-9(5-6-19-8)13-17-14(20-18-13)10-3-2-4-12(15)11(10)7-16/h2-6H,1H3. The van der Waals surface area contributed by atoms with Crippen molar-refractivity contribution in [2.24, 2.45) is 0 Å². The van der Waals surface area contributed by atoms with Gasteiger partial charge >= 0.3 is 0 Å². The summed E-state index contributed by atoms with van der Waals surface area (Å²) in [6, 6.07) is 7.75. The highest BCUT2D eigenvalue weighted by Gasteiger charge is 2.18. The Morgan fingerprint density at radius 3 is 2.80 bits per heavy atom. The lowest BCUT2D eigenvalue weighted by atomic mass is 10.1. The largest absolute Gasteiger partial charge is 0.469 e.